The third-order valence-corrected chi connectivity index (χ3v) is 6.92. The average molecular weight is 491 g/mol. The van der Waals surface area contributed by atoms with Crippen LogP contribution in [-0.2, 0) is 38.7 Å². The fourth-order valence-corrected chi connectivity index (χ4v) is 4.96. The van der Waals surface area contributed by atoms with E-state index in [4.69, 9.17) is 0 Å². The van der Waals surface area contributed by atoms with E-state index in [1.54, 1.807) is 30.3 Å². The van der Waals surface area contributed by atoms with Gasteiger partial charge in [-0.3, -0.25) is 4.79 Å². The van der Waals surface area contributed by atoms with Gasteiger partial charge < -0.3 is 5.32 Å². The van der Waals surface area contributed by atoms with Crippen molar-refractivity contribution in [3.05, 3.63) is 101 Å². The van der Waals surface area contributed by atoms with Crippen LogP contribution in [0.2, 0.25) is 0 Å². The molecule has 0 radical (unpaired) electrons. The highest BCUT2D eigenvalue weighted by molar-refractivity contribution is 7.90. The minimum absolute atomic E-state index is 0.0239. The van der Waals surface area contributed by atoms with Gasteiger partial charge in [0.2, 0.25) is 10.0 Å². The Morgan fingerprint density at radius 1 is 0.818 bits per heavy atom. The summed E-state index contributed by atoms with van der Waals surface area (Å²) in [5, 5.41) is 2.71. The number of nitrogens with one attached hydrogen (secondary N) is 2. The number of sulfone groups is 1. The van der Waals surface area contributed by atoms with Gasteiger partial charge in [0.05, 0.1) is 10.6 Å². The molecule has 0 aliphatic rings. The first-order valence-electron chi connectivity index (χ1n) is 9.90. The molecule has 0 atom stereocenters. The first-order chi connectivity index (χ1) is 15.5. The highest BCUT2D eigenvalue weighted by Gasteiger charge is 2.15. The first-order valence-corrected chi connectivity index (χ1v) is 13.4. The van der Waals surface area contributed by atoms with E-state index >= 15 is 0 Å². The number of halogens is 1. The molecule has 0 bridgehead atoms. The molecule has 0 heterocycles. The molecule has 0 fully saturated rings. The maximum absolute atomic E-state index is 13.3. The third kappa shape index (κ3) is 7.48. The van der Waals surface area contributed by atoms with Gasteiger partial charge in [-0.05, 0) is 53.1 Å². The summed E-state index contributed by atoms with van der Waals surface area (Å²) in [5.74, 6) is -0.934. The summed E-state index contributed by atoms with van der Waals surface area (Å²) in [6.45, 7) is 0.0353. The smallest absolute Gasteiger partial charge is 0.251 e. The number of hydrogen-bond acceptors (Lipinski definition) is 5. The van der Waals surface area contributed by atoms with Crippen LogP contribution in [0, 0.1) is 5.82 Å². The quantitative estimate of drug-likeness (QED) is 0.479. The largest absolute Gasteiger partial charge is 0.348 e. The fourth-order valence-electron chi connectivity index (χ4n) is 3.07. The van der Waals surface area contributed by atoms with Crippen LogP contribution in [0.1, 0.15) is 27.0 Å². The van der Waals surface area contributed by atoms with E-state index in [9.17, 15) is 26.0 Å². The standard InChI is InChI=1S/C23H23FN2O5S2/c1-32(28,29)16-17-8-10-20(11-9-17)23(27)25-14-19-5-3-7-22(13-19)33(30,31)26-15-18-4-2-6-21(24)12-18/h2-13,26H,14-16H2,1H3,(H,25,27). The minimum Gasteiger partial charge on any atom is -0.348 e. The molecule has 3 rings (SSSR count). The van der Waals surface area contributed by atoms with Gasteiger partial charge in [0, 0.05) is 24.9 Å². The molecule has 2 N–H and O–H groups in total. The van der Waals surface area contributed by atoms with Gasteiger partial charge in [0.1, 0.15) is 5.82 Å². The zero-order valence-corrected chi connectivity index (χ0v) is 19.4. The van der Waals surface area contributed by atoms with Gasteiger partial charge in [-0.2, -0.15) is 0 Å². The number of benzene rings is 3. The fraction of sp³-hybridized carbons (Fsp3) is 0.174. The summed E-state index contributed by atoms with van der Waals surface area (Å²) < 4.78 is 63.6. The van der Waals surface area contributed by atoms with Crippen molar-refractivity contribution >= 4 is 25.8 Å². The summed E-state index contributed by atoms with van der Waals surface area (Å²) in [6.07, 6.45) is 1.14. The minimum atomic E-state index is -3.84. The predicted molar refractivity (Wildman–Crippen MR) is 123 cm³/mol. The molecule has 0 saturated carbocycles. The molecule has 0 spiro atoms. The summed E-state index contributed by atoms with van der Waals surface area (Å²) >= 11 is 0. The number of carbonyl (C=O) groups is 1. The molecule has 33 heavy (non-hydrogen) atoms. The van der Waals surface area contributed by atoms with Crippen LogP contribution in [-0.4, -0.2) is 29.0 Å². The molecular formula is C23H23FN2O5S2. The van der Waals surface area contributed by atoms with E-state index in [1.165, 1.54) is 42.5 Å². The van der Waals surface area contributed by atoms with Gasteiger partial charge in [0.15, 0.2) is 9.84 Å². The first kappa shape index (κ1) is 24.6. The SMILES string of the molecule is CS(=O)(=O)Cc1ccc(C(=O)NCc2cccc(S(=O)(=O)NCc3cccc(F)c3)c2)cc1. The van der Waals surface area contributed by atoms with Crippen LogP contribution in [0.15, 0.2) is 77.7 Å². The second-order valence-electron chi connectivity index (χ2n) is 7.55. The highest BCUT2D eigenvalue weighted by Crippen LogP contribution is 2.14. The zero-order chi connectivity index (χ0) is 24.1. The topological polar surface area (TPSA) is 109 Å². The Kier molecular flexibility index (Phi) is 7.62. The molecule has 174 valence electrons. The number of rotatable bonds is 9. The number of sulfonamides is 1. The number of hydrogen-bond donors (Lipinski definition) is 2. The molecule has 0 unspecified atom stereocenters. The van der Waals surface area contributed by atoms with E-state index in [-0.39, 0.29) is 29.6 Å². The van der Waals surface area contributed by atoms with Crippen molar-refractivity contribution < 1.29 is 26.0 Å². The van der Waals surface area contributed by atoms with E-state index in [0.29, 0.717) is 22.3 Å². The van der Waals surface area contributed by atoms with E-state index in [0.717, 1.165) is 6.26 Å². The van der Waals surface area contributed by atoms with Crippen molar-refractivity contribution in [1.82, 2.24) is 10.0 Å². The van der Waals surface area contributed by atoms with E-state index in [2.05, 4.69) is 10.0 Å². The Hall–Kier alpha value is -3.08. The van der Waals surface area contributed by atoms with Gasteiger partial charge >= 0.3 is 0 Å². The Balaban J connectivity index is 1.61. The van der Waals surface area contributed by atoms with Crippen LogP contribution in [0.5, 0.6) is 0 Å². The molecule has 3 aromatic rings. The van der Waals surface area contributed by atoms with Gasteiger partial charge in [-0.25, -0.2) is 25.9 Å². The van der Waals surface area contributed by atoms with Gasteiger partial charge in [0.25, 0.3) is 5.91 Å². The van der Waals surface area contributed by atoms with E-state index in [1.807, 2.05) is 0 Å². The molecule has 3 aromatic carbocycles. The van der Waals surface area contributed by atoms with Crippen molar-refractivity contribution in [3.8, 4) is 0 Å². The van der Waals surface area contributed by atoms with Crippen LogP contribution in [0.4, 0.5) is 4.39 Å². The summed E-state index contributed by atoms with van der Waals surface area (Å²) in [4.78, 5) is 12.4. The number of carbonyl (C=O) groups excluding carboxylic acids is 1. The Labute approximate surface area is 192 Å². The molecule has 0 aliphatic heterocycles. The molecular weight excluding hydrogens is 467 g/mol. The maximum atomic E-state index is 13.3. The molecule has 0 aliphatic carbocycles. The van der Waals surface area contributed by atoms with Crippen molar-refractivity contribution in [1.29, 1.82) is 0 Å². The summed E-state index contributed by atoms with van der Waals surface area (Å²) in [7, 11) is -7.00. The lowest BCUT2D eigenvalue weighted by Crippen LogP contribution is -2.24. The monoisotopic (exact) mass is 490 g/mol. The van der Waals surface area contributed by atoms with E-state index < -0.39 is 25.7 Å². The Bertz CT molecular complexity index is 1360. The molecule has 0 saturated heterocycles. The lowest BCUT2D eigenvalue weighted by Gasteiger charge is -2.10. The summed E-state index contributed by atoms with van der Waals surface area (Å²) in [5.41, 5.74) is 2.00. The lowest BCUT2D eigenvalue weighted by molar-refractivity contribution is 0.0951. The molecule has 7 nitrogen and oxygen atoms in total. The maximum Gasteiger partial charge on any atom is 0.251 e. The van der Waals surface area contributed by atoms with Crippen LogP contribution in [0.25, 0.3) is 0 Å². The molecule has 10 heteroatoms. The molecule has 1 amide bonds. The van der Waals surface area contributed by atoms with Crippen LogP contribution < -0.4 is 10.0 Å². The van der Waals surface area contributed by atoms with Crippen molar-refractivity contribution in [2.24, 2.45) is 0 Å². The van der Waals surface area contributed by atoms with Crippen molar-refractivity contribution in [2.75, 3.05) is 6.26 Å². The molecule has 0 aromatic heterocycles. The van der Waals surface area contributed by atoms with Crippen LogP contribution in [0.3, 0.4) is 0 Å². The van der Waals surface area contributed by atoms with Crippen molar-refractivity contribution in [3.63, 3.8) is 0 Å². The number of amides is 1. The predicted octanol–water partition coefficient (Wildman–Crippen LogP) is 2.78. The third-order valence-electron chi connectivity index (χ3n) is 4.66. The normalized spacial score (nSPS) is 11.8. The second kappa shape index (κ2) is 10.2. The van der Waals surface area contributed by atoms with Gasteiger partial charge in [-0.15, -0.1) is 0 Å². The van der Waals surface area contributed by atoms with Crippen LogP contribution >= 0.6 is 0 Å². The zero-order valence-electron chi connectivity index (χ0n) is 17.8. The lowest BCUT2D eigenvalue weighted by atomic mass is 10.1. The highest BCUT2D eigenvalue weighted by atomic mass is 32.2. The van der Waals surface area contributed by atoms with Crippen molar-refractivity contribution in [2.45, 2.75) is 23.7 Å². The average Bonchev–Trinajstić information content (AvgIpc) is 2.76. The second-order valence-corrected chi connectivity index (χ2v) is 11.5. The Morgan fingerprint density at radius 3 is 2.09 bits per heavy atom. The Morgan fingerprint density at radius 2 is 1.45 bits per heavy atom. The van der Waals surface area contributed by atoms with Gasteiger partial charge in [-0.1, -0.05) is 36.4 Å². The summed E-state index contributed by atoms with van der Waals surface area (Å²) in [6, 6.07) is 18.0.